The second-order valence-electron chi connectivity index (χ2n) is 7.63. The first-order valence-corrected chi connectivity index (χ1v) is 11.8. The van der Waals surface area contributed by atoms with Gasteiger partial charge in [-0.3, -0.25) is 9.10 Å². The summed E-state index contributed by atoms with van der Waals surface area (Å²) in [6.07, 6.45) is 0. The number of hydrogen-bond acceptors (Lipinski definition) is 4. The summed E-state index contributed by atoms with van der Waals surface area (Å²) >= 11 is 0. The van der Waals surface area contributed by atoms with Crippen molar-refractivity contribution in [2.45, 2.75) is 25.7 Å². The van der Waals surface area contributed by atoms with E-state index in [1.54, 1.807) is 30.3 Å². The van der Waals surface area contributed by atoms with E-state index in [4.69, 9.17) is 4.74 Å². The molecule has 1 N–H and O–H groups in total. The molecule has 0 aromatic heterocycles. The van der Waals surface area contributed by atoms with Crippen molar-refractivity contribution in [3.8, 4) is 5.75 Å². The number of benzene rings is 3. The summed E-state index contributed by atoms with van der Waals surface area (Å²) in [4.78, 5) is 12.8. The lowest BCUT2D eigenvalue weighted by molar-refractivity contribution is -0.119. The number of nitrogens with one attached hydrogen (secondary N) is 1. The lowest BCUT2D eigenvalue weighted by Crippen LogP contribution is -2.42. The highest BCUT2D eigenvalue weighted by molar-refractivity contribution is 7.92. The van der Waals surface area contributed by atoms with Crippen molar-refractivity contribution in [3.05, 3.63) is 89.5 Å². The van der Waals surface area contributed by atoms with E-state index in [9.17, 15) is 13.2 Å². The number of ether oxygens (including phenoxy) is 1. The van der Waals surface area contributed by atoms with Gasteiger partial charge in [-0.2, -0.15) is 0 Å². The molecule has 1 amide bonds. The van der Waals surface area contributed by atoms with E-state index in [-0.39, 0.29) is 24.6 Å². The Balaban J connectivity index is 1.69. The number of rotatable bonds is 9. The molecule has 0 fully saturated rings. The van der Waals surface area contributed by atoms with Gasteiger partial charge in [0.25, 0.3) is 10.0 Å². The molecule has 0 unspecified atom stereocenters. The Morgan fingerprint density at radius 3 is 2.19 bits per heavy atom. The monoisotopic (exact) mass is 452 g/mol. The summed E-state index contributed by atoms with van der Waals surface area (Å²) in [6, 6.07) is 21.1. The molecule has 7 heteroatoms. The SMILES string of the molecule is Cc1cc(C)cc(OCCNC(=O)CN(c2ccccc2C)S(=O)(=O)c2ccccc2)c1. The smallest absolute Gasteiger partial charge is 0.264 e. The topological polar surface area (TPSA) is 75.7 Å². The largest absolute Gasteiger partial charge is 0.492 e. The van der Waals surface area contributed by atoms with Crippen LogP contribution in [0.1, 0.15) is 16.7 Å². The fourth-order valence-electron chi connectivity index (χ4n) is 3.42. The third-order valence-corrected chi connectivity index (χ3v) is 6.66. The molecule has 3 aromatic rings. The maximum absolute atomic E-state index is 13.3. The van der Waals surface area contributed by atoms with Crippen LogP contribution in [0.15, 0.2) is 77.7 Å². The van der Waals surface area contributed by atoms with Gasteiger partial charge in [0, 0.05) is 0 Å². The van der Waals surface area contributed by atoms with Crippen LogP contribution in [0.3, 0.4) is 0 Å². The maximum Gasteiger partial charge on any atom is 0.264 e. The second kappa shape index (κ2) is 10.3. The number of nitrogens with zero attached hydrogens (tertiary/aromatic N) is 1. The van der Waals surface area contributed by atoms with Gasteiger partial charge in [-0.15, -0.1) is 0 Å². The number of aryl methyl sites for hydroxylation is 3. The van der Waals surface area contributed by atoms with E-state index in [2.05, 4.69) is 11.4 Å². The second-order valence-corrected chi connectivity index (χ2v) is 9.50. The summed E-state index contributed by atoms with van der Waals surface area (Å²) in [5.41, 5.74) is 3.43. The third kappa shape index (κ3) is 5.88. The van der Waals surface area contributed by atoms with Crippen LogP contribution in [0.2, 0.25) is 0 Å². The fourth-order valence-corrected chi connectivity index (χ4v) is 4.93. The molecule has 0 atom stereocenters. The lowest BCUT2D eigenvalue weighted by atomic mass is 10.1. The standard InChI is InChI=1S/C25H28N2O4S/c1-19-15-20(2)17-22(16-19)31-14-13-26-25(28)18-27(24-12-8-7-9-21(24)3)32(29,30)23-10-5-4-6-11-23/h4-12,15-17H,13-14,18H2,1-3H3,(H,26,28). The molecule has 0 bridgehead atoms. The quantitative estimate of drug-likeness (QED) is 0.498. The Bertz CT molecular complexity index is 1160. The molecule has 0 saturated carbocycles. The van der Waals surface area contributed by atoms with Crippen LogP contribution >= 0.6 is 0 Å². The van der Waals surface area contributed by atoms with Crippen LogP contribution in [0.4, 0.5) is 5.69 Å². The summed E-state index contributed by atoms with van der Waals surface area (Å²) < 4.78 is 33.5. The van der Waals surface area contributed by atoms with Gasteiger partial charge in [-0.1, -0.05) is 42.5 Å². The van der Waals surface area contributed by atoms with Gasteiger partial charge < -0.3 is 10.1 Å². The number of sulfonamides is 1. The summed E-state index contributed by atoms with van der Waals surface area (Å²) in [6.45, 7) is 6.03. The van der Waals surface area contributed by atoms with Gasteiger partial charge in [-0.25, -0.2) is 8.42 Å². The zero-order valence-corrected chi connectivity index (χ0v) is 19.4. The number of hydrogen-bond donors (Lipinski definition) is 1. The van der Waals surface area contributed by atoms with E-state index >= 15 is 0 Å². The molecular weight excluding hydrogens is 424 g/mol. The van der Waals surface area contributed by atoms with Crippen molar-refractivity contribution in [1.82, 2.24) is 5.32 Å². The molecule has 0 aliphatic heterocycles. The number of carbonyl (C=O) groups is 1. The van der Waals surface area contributed by atoms with Crippen molar-refractivity contribution in [3.63, 3.8) is 0 Å². The molecule has 0 aliphatic rings. The molecular formula is C25H28N2O4S. The van der Waals surface area contributed by atoms with Crippen LogP contribution in [0.25, 0.3) is 0 Å². The van der Waals surface area contributed by atoms with E-state index in [1.807, 2.05) is 45.0 Å². The van der Waals surface area contributed by atoms with E-state index in [0.717, 1.165) is 26.7 Å². The average molecular weight is 453 g/mol. The van der Waals surface area contributed by atoms with Crippen molar-refractivity contribution < 1.29 is 17.9 Å². The molecule has 3 rings (SSSR count). The number of carbonyl (C=O) groups excluding carboxylic acids is 1. The Morgan fingerprint density at radius 2 is 1.53 bits per heavy atom. The van der Waals surface area contributed by atoms with Gasteiger partial charge in [-0.05, 0) is 67.8 Å². The Hall–Kier alpha value is -3.32. The summed E-state index contributed by atoms with van der Waals surface area (Å²) in [7, 11) is -3.91. The van der Waals surface area contributed by atoms with Crippen LogP contribution in [-0.2, 0) is 14.8 Å². The molecule has 0 aliphatic carbocycles. The first-order chi connectivity index (χ1) is 15.3. The highest BCUT2D eigenvalue weighted by Gasteiger charge is 2.27. The fraction of sp³-hybridized carbons (Fsp3) is 0.240. The number of amides is 1. The zero-order chi connectivity index (χ0) is 23.1. The predicted molar refractivity (Wildman–Crippen MR) is 127 cm³/mol. The van der Waals surface area contributed by atoms with Crippen molar-refractivity contribution in [2.24, 2.45) is 0 Å². The van der Waals surface area contributed by atoms with Crippen LogP contribution < -0.4 is 14.4 Å². The predicted octanol–water partition coefficient (Wildman–Crippen LogP) is 4.00. The van der Waals surface area contributed by atoms with E-state index in [1.165, 1.54) is 12.1 Å². The summed E-state index contributed by atoms with van der Waals surface area (Å²) in [5, 5.41) is 2.76. The molecule has 6 nitrogen and oxygen atoms in total. The zero-order valence-electron chi connectivity index (χ0n) is 18.5. The number of para-hydroxylation sites is 1. The molecule has 0 spiro atoms. The van der Waals surface area contributed by atoms with Gasteiger partial charge in [0.15, 0.2) is 0 Å². The minimum atomic E-state index is -3.91. The van der Waals surface area contributed by atoms with Crippen molar-refractivity contribution in [2.75, 3.05) is 24.0 Å². The molecule has 32 heavy (non-hydrogen) atoms. The van der Waals surface area contributed by atoms with Gasteiger partial charge in [0.05, 0.1) is 17.1 Å². The maximum atomic E-state index is 13.3. The average Bonchev–Trinajstić information content (AvgIpc) is 2.75. The Labute approximate surface area is 189 Å². The highest BCUT2D eigenvalue weighted by Crippen LogP contribution is 2.26. The van der Waals surface area contributed by atoms with Crippen LogP contribution in [0.5, 0.6) is 5.75 Å². The Morgan fingerprint density at radius 1 is 0.906 bits per heavy atom. The van der Waals surface area contributed by atoms with E-state index < -0.39 is 15.9 Å². The Kier molecular flexibility index (Phi) is 7.53. The molecule has 3 aromatic carbocycles. The first-order valence-electron chi connectivity index (χ1n) is 10.4. The van der Waals surface area contributed by atoms with Crippen molar-refractivity contribution >= 4 is 21.6 Å². The van der Waals surface area contributed by atoms with Crippen LogP contribution in [-0.4, -0.2) is 34.0 Å². The van der Waals surface area contributed by atoms with E-state index in [0.29, 0.717) is 5.69 Å². The van der Waals surface area contributed by atoms with Gasteiger partial charge >= 0.3 is 0 Å². The van der Waals surface area contributed by atoms with Crippen molar-refractivity contribution in [1.29, 1.82) is 0 Å². The number of anilines is 1. The molecule has 168 valence electrons. The molecule has 0 saturated heterocycles. The van der Waals surface area contributed by atoms with Crippen LogP contribution in [0, 0.1) is 20.8 Å². The molecule has 0 heterocycles. The highest BCUT2D eigenvalue weighted by atomic mass is 32.2. The minimum Gasteiger partial charge on any atom is -0.492 e. The molecule has 0 radical (unpaired) electrons. The lowest BCUT2D eigenvalue weighted by Gasteiger charge is -2.25. The van der Waals surface area contributed by atoms with Gasteiger partial charge in [0.2, 0.25) is 5.91 Å². The normalized spacial score (nSPS) is 11.1. The summed E-state index contributed by atoms with van der Waals surface area (Å²) in [5.74, 6) is 0.335. The third-order valence-electron chi connectivity index (χ3n) is 4.89. The minimum absolute atomic E-state index is 0.134. The first kappa shape index (κ1) is 23.3. The van der Waals surface area contributed by atoms with Gasteiger partial charge in [0.1, 0.15) is 18.9 Å².